The molecule has 0 radical (unpaired) electrons. The van der Waals surface area contributed by atoms with E-state index in [0.717, 1.165) is 19.6 Å². The Bertz CT molecular complexity index is 482. The lowest BCUT2D eigenvalue weighted by Gasteiger charge is -2.23. The number of ether oxygens (including phenoxy) is 1. The van der Waals surface area contributed by atoms with Crippen molar-refractivity contribution in [2.45, 2.75) is 40.0 Å². The number of likely N-dealkylation sites (tertiary alicyclic amines) is 1. The molecule has 1 aromatic carbocycles. The maximum atomic E-state index is 11.6. The van der Waals surface area contributed by atoms with Crippen molar-refractivity contribution >= 4 is 5.78 Å². The summed E-state index contributed by atoms with van der Waals surface area (Å²) in [6, 6.07) is 7.49. The van der Waals surface area contributed by atoms with Gasteiger partial charge in [0.25, 0.3) is 0 Å². The molecule has 3 nitrogen and oxygen atoms in total. The number of carbonyl (C=O) groups is 1. The smallest absolute Gasteiger partial charge is 0.163 e. The lowest BCUT2D eigenvalue weighted by atomic mass is 9.85. The summed E-state index contributed by atoms with van der Waals surface area (Å²) >= 11 is 0. The topological polar surface area (TPSA) is 29.5 Å². The molecule has 1 fully saturated rings. The van der Waals surface area contributed by atoms with E-state index in [2.05, 4.69) is 18.7 Å². The van der Waals surface area contributed by atoms with Gasteiger partial charge in [-0.3, -0.25) is 9.69 Å². The van der Waals surface area contributed by atoms with Crippen LogP contribution >= 0.6 is 0 Å². The Morgan fingerprint density at radius 3 is 2.76 bits per heavy atom. The highest BCUT2D eigenvalue weighted by atomic mass is 16.5. The van der Waals surface area contributed by atoms with Gasteiger partial charge in [-0.05, 0) is 56.8 Å². The first-order chi connectivity index (χ1) is 9.98. The zero-order chi connectivity index (χ0) is 15.3. The van der Waals surface area contributed by atoms with E-state index in [-0.39, 0.29) is 5.78 Å². The van der Waals surface area contributed by atoms with Crippen LogP contribution in [0.4, 0.5) is 0 Å². The Hall–Kier alpha value is -1.35. The quantitative estimate of drug-likeness (QED) is 0.773. The fourth-order valence-corrected chi connectivity index (χ4v) is 2.87. The number of Topliss-reactive ketones (excluding diaryl/α,β-unsaturated/α-hetero) is 1. The molecular formula is C18H27NO2. The summed E-state index contributed by atoms with van der Waals surface area (Å²) in [7, 11) is 0. The predicted octanol–water partition coefficient (Wildman–Crippen LogP) is 3.78. The van der Waals surface area contributed by atoms with Crippen LogP contribution in [-0.4, -0.2) is 36.9 Å². The van der Waals surface area contributed by atoms with Crippen LogP contribution in [0.1, 0.15) is 50.4 Å². The van der Waals surface area contributed by atoms with E-state index in [4.69, 9.17) is 4.74 Å². The standard InChI is InChI=1S/C18H27NO2/c1-15(20)16-7-4-5-8-17(16)21-14-13-19-11-6-9-18(2,3)10-12-19/h4-5,7-8H,6,9-14H2,1-3H3. The summed E-state index contributed by atoms with van der Waals surface area (Å²) in [5.74, 6) is 0.766. The molecule has 0 amide bonds. The molecule has 1 aliphatic rings. The fraction of sp³-hybridized carbons (Fsp3) is 0.611. The third-order valence-corrected chi connectivity index (χ3v) is 4.36. The van der Waals surface area contributed by atoms with Gasteiger partial charge in [0, 0.05) is 6.54 Å². The summed E-state index contributed by atoms with van der Waals surface area (Å²) in [6.45, 7) is 10.2. The van der Waals surface area contributed by atoms with Crippen LogP contribution in [-0.2, 0) is 0 Å². The normalized spacial score (nSPS) is 19.0. The molecule has 0 spiro atoms. The predicted molar refractivity (Wildman–Crippen MR) is 86.0 cm³/mol. The van der Waals surface area contributed by atoms with Gasteiger partial charge in [-0.15, -0.1) is 0 Å². The van der Waals surface area contributed by atoms with Crippen LogP contribution in [0.25, 0.3) is 0 Å². The molecule has 0 N–H and O–H groups in total. The lowest BCUT2D eigenvalue weighted by molar-refractivity contribution is 0.101. The molecule has 1 aliphatic heterocycles. The maximum Gasteiger partial charge on any atom is 0.163 e. The van der Waals surface area contributed by atoms with Crippen molar-refractivity contribution in [3.63, 3.8) is 0 Å². The molecule has 2 rings (SSSR count). The van der Waals surface area contributed by atoms with Gasteiger partial charge in [0.15, 0.2) is 5.78 Å². The van der Waals surface area contributed by atoms with Gasteiger partial charge in [0.1, 0.15) is 12.4 Å². The molecule has 0 aliphatic carbocycles. The highest BCUT2D eigenvalue weighted by Gasteiger charge is 2.22. The second kappa shape index (κ2) is 7.08. The molecule has 21 heavy (non-hydrogen) atoms. The van der Waals surface area contributed by atoms with Crippen molar-refractivity contribution < 1.29 is 9.53 Å². The number of para-hydroxylation sites is 1. The first-order valence-electron chi connectivity index (χ1n) is 7.93. The van der Waals surface area contributed by atoms with Gasteiger partial charge < -0.3 is 4.74 Å². The van der Waals surface area contributed by atoms with Crippen molar-refractivity contribution in [1.29, 1.82) is 0 Å². The molecule has 0 atom stereocenters. The monoisotopic (exact) mass is 289 g/mol. The summed E-state index contributed by atoms with van der Waals surface area (Å²) in [5, 5.41) is 0. The first-order valence-corrected chi connectivity index (χ1v) is 7.93. The molecule has 3 heteroatoms. The Morgan fingerprint density at radius 2 is 2.00 bits per heavy atom. The molecule has 0 aromatic heterocycles. The minimum Gasteiger partial charge on any atom is -0.491 e. The molecule has 0 bridgehead atoms. The SMILES string of the molecule is CC(=O)c1ccccc1OCCN1CCCC(C)(C)CC1. The van der Waals surface area contributed by atoms with E-state index < -0.39 is 0 Å². The molecule has 1 aromatic rings. The van der Waals surface area contributed by atoms with Crippen molar-refractivity contribution in [3.8, 4) is 5.75 Å². The van der Waals surface area contributed by atoms with Crippen molar-refractivity contribution in [1.82, 2.24) is 4.90 Å². The number of hydrogen-bond donors (Lipinski definition) is 0. The van der Waals surface area contributed by atoms with E-state index in [1.807, 2.05) is 24.3 Å². The molecule has 1 saturated heterocycles. The largest absolute Gasteiger partial charge is 0.491 e. The minimum atomic E-state index is 0.0575. The minimum absolute atomic E-state index is 0.0575. The van der Waals surface area contributed by atoms with Crippen LogP contribution in [0.3, 0.4) is 0 Å². The molecule has 1 heterocycles. The van der Waals surface area contributed by atoms with Gasteiger partial charge in [0.05, 0.1) is 5.56 Å². The van der Waals surface area contributed by atoms with E-state index in [1.54, 1.807) is 6.92 Å². The van der Waals surface area contributed by atoms with Crippen molar-refractivity contribution in [2.75, 3.05) is 26.2 Å². The van der Waals surface area contributed by atoms with E-state index in [0.29, 0.717) is 23.3 Å². The van der Waals surface area contributed by atoms with Gasteiger partial charge in [-0.25, -0.2) is 0 Å². The Morgan fingerprint density at radius 1 is 1.24 bits per heavy atom. The average Bonchev–Trinajstić information content (AvgIpc) is 2.60. The first kappa shape index (κ1) is 16.0. The van der Waals surface area contributed by atoms with Crippen molar-refractivity contribution in [3.05, 3.63) is 29.8 Å². The maximum absolute atomic E-state index is 11.6. The van der Waals surface area contributed by atoms with Gasteiger partial charge in [-0.1, -0.05) is 26.0 Å². The Kier molecular flexibility index (Phi) is 5.40. The lowest BCUT2D eigenvalue weighted by Crippen LogP contribution is -2.30. The van der Waals surface area contributed by atoms with Gasteiger partial charge in [-0.2, -0.15) is 0 Å². The van der Waals surface area contributed by atoms with Crippen LogP contribution in [0.2, 0.25) is 0 Å². The second-order valence-corrected chi connectivity index (χ2v) is 6.76. The van der Waals surface area contributed by atoms with E-state index in [9.17, 15) is 4.79 Å². The molecular weight excluding hydrogens is 262 g/mol. The van der Waals surface area contributed by atoms with Crippen LogP contribution in [0, 0.1) is 5.41 Å². The zero-order valence-corrected chi connectivity index (χ0v) is 13.5. The van der Waals surface area contributed by atoms with Crippen molar-refractivity contribution in [2.24, 2.45) is 5.41 Å². The summed E-state index contributed by atoms with van der Waals surface area (Å²) in [5.41, 5.74) is 1.14. The molecule has 116 valence electrons. The van der Waals surface area contributed by atoms with Crippen LogP contribution < -0.4 is 4.74 Å². The molecule has 0 unspecified atom stereocenters. The highest BCUT2D eigenvalue weighted by Crippen LogP contribution is 2.29. The third kappa shape index (κ3) is 4.85. The fourth-order valence-electron chi connectivity index (χ4n) is 2.87. The number of nitrogens with zero attached hydrogens (tertiary/aromatic N) is 1. The number of ketones is 1. The van der Waals surface area contributed by atoms with Crippen LogP contribution in [0.15, 0.2) is 24.3 Å². The van der Waals surface area contributed by atoms with Gasteiger partial charge in [0.2, 0.25) is 0 Å². The van der Waals surface area contributed by atoms with Gasteiger partial charge >= 0.3 is 0 Å². The average molecular weight is 289 g/mol. The summed E-state index contributed by atoms with van der Waals surface area (Å²) in [6.07, 6.45) is 3.81. The highest BCUT2D eigenvalue weighted by molar-refractivity contribution is 5.96. The molecule has 0 saturated carbocycles. The number of benzene rings is 1. The summed E-state index contributed by atoms with van der Waals surface area (Å²) < 4.78 is 5.83. The number of rotatable bonds is 5. The summed E-state index contributed by atoms with van der Waals surface area (Å²) in [4.78, 5) is 14.0. The zero-order valence-electron chi connectivity index (χ0n) is 13.5. The Labute approximate surface area is 128 Å². The van der Waals surface area contributed by atoms with E-state index in [1.165, 1.54) is 19.3 Å². The van der Waals surface area contributed by atoms with E-state index >= 15 is 0 Å². The van der Waals surface area contributed by atoms with Crippen LogP contribution in [0.5, 0.6) is 5.75 Å². The third-order valence-electron chi connectivity index (χ3n) is 4.36. The number of carbonyl (C=O) groups excluding carboxylic acids is 1. The Balaban J connectivity index is 1.83. The number of hydrogen-bond acceptors (Lipinski definition) is 3. The second-order valence-electron chi connectivity index (χ2n) is 6.76.